The Hall–Kier alpha value is -2.09. The minimum absolute atomic E-state index is 0.0339. The molecule has 0 atom stereocenters. The Kier molecular flexibility index (Phi) is 6.27. The zero-order valence-electron chi connectivity index (χ0n) is 13.1. The lowest BCUT2D eigenvalue weighted by Gasteiger charge is -2.04. The molecule has 0 radical (unpaired) electrons. The number of carbonyl (C=O) groups excluding carboxylic acids is 1. The molecule has 3 rings (SSSR count). The van der Waals surface area contributed by atoms with Gasteiger partial charge in [0.2, 0.25) is 11.0 Å². The number of nitrogens with zero attached hydrogens (tertiary/aromatic N) is 2. The second kappa shape index (κ2) is 8.84. The molecule has 0 aliphatic carbocycles. The van der Waals surface area contributed by atoms with E-state index in [1.807, 2.05) is 54.6 Å². The van der Waals surface area contributed by atoms with Gasteiger partial charge in [-0.15, -0.1) is 10.2 Å². The van der Waals surface area contributed by atoms with Crippen LogP contribution in [0.25, 0.3) is 0 Å². The first kappa shape index (κ1) is 17.7. The molecule has 1 heterocycles. The summed E-state index contributed by atoms with van der Waals surface area (Å²) in [6.07, 6.45) is 0. The van der Waals surface area contributed by atoms with Crippen molar-refractivity contribution in [1.82, 2.24) is 15.5 Å². The molecule has 3 aromatic rings. The fourth-order valence-electron chi connectivity index (χ4n) is 1.98. The number of benzene rings is 2. The largest absolute Gasteiger partial charge is 0.351 e. The Morgan fingerprint density at radius 3 is 2.76 bits per heavy atom. The van der Waals surface area contributed by atoms with Crippen molar-refractivity contribution in [2.75, 3.05) is 11.1 Å². The van der Waals surface area contributed by atoms with Crippen LogP contribution in [0, 0.1) is 0 Å². The number of anilines is 2. The van der Waals surface area contributed by atoms with Crippen LogP contribution in [0.3, 0.4) is 0 Å². The lowest BCUT2D eigenvalue weighted by Crippen LogP contribution is -2.24. The molecule has 2 aromatic carbocycles. The van der Waals surface area contributed by atoms with Crippen LogP contribution in [0.5, 0.6) is 0 Å². The molecular weight excluding hydrogens is 376 g/mol. The number of aromatic nitrogens is 2. The molecule has 0 unspecified atom stereocenters. The van der Waals surface area contributed by atoms with Crippen LogP contribution in [0.2, 0.25) is 5.02 Å². The minimum Gasteiger partial charge on any atom is -0.351 e. The van der Waals surface area contributed by atoms with Crippen LogP contribution < -0.4 is 10.6 Å². The summed E-state index contributed by atoms with van der Waals surface area (Å²) in [7, 11) is 0. The minimum atomic E-state index is -0.0339. The van der Waals surface area contributed by atoms with Gasteiger partial charge in [-0.25, -0.2) is 0 Å². The summed E-state index contributed by atoms with van der Waals surface area (Å²) >= 11 is 8.72. The SMILES string of the molecule is O=C(CSc1nnc(Nc2cccc(Cl)c2)s1)NCc1ccccc1. The van der Waals surface area contributed by atoms with Gasteiger partial charge in [0.05, 0.1) is 5.75 Å². The van der Waals surface area contributed by atoms with Crippen molar-refractivity contribution in [2.24, 2.45) is 0 Å². The Balaban J connectivity index is 1.46. The van der Waals surface area contributed by atoms with E-state index in [4.69, 9.17) is 11.6 Å². The van der Waals surface area contributed by atoms with Crippen molar-refractivity contribution in [3.05, 3.63) is 65.2 Å². The highest BCUT2D eigenvalue weighted by Gasteiger charge is 2.08. The summed E-state index contributed by atoms with van der Waals surface area (Å²) in [5.74, 6) is 0.270. The molecule has 0 saturated heterocycles. The Morgan fingerprint density at radius 2 is 1.96 bits per heavy atom. The first-order chi connectivity index (χ1) is 12.2. The summed E-state index contributed by atoms with van der Waals surface area (Å²) in [4.78, 5) is 11.9. The molecule has 1 aromatic heterocycles. The van der Waals surface area contributed by atoms with Crippen LogP contribution in [-0.2, 0) is 11.3 Å². The van der Waals surface area contributed by atoms with Crippen molar-refractivity contribution in [3.8, 4) is 0 Å². The molecular formula is C17H15ClN4OS2. The molecule has 0 bridgehead atoms. The highest BCUT2D eigenvalue weighted by Crippen LogP contribution is 2.28. The van der Waals surface area contributed by atoms with Gasteiger partial charge >= 0.3 is 0 Å². The summed E-state index contributed by atoms with van der Waals surface area (Å²) in [5, 5.41) is 15.5. The number of rotatable bonds is 7. The van der Waals surface area contributed by atoms with E-state index in [2.05, 4.69) is 20.8 Å². The number of hydrogen-bond acceptors (Lipinski definition) is 6. The predicted octanol–water partition coefficient (Wildman–Crippen LogP) is 4.34. The average molecular weight is 391 g/mol. The lowest BCUT2D eigenvalue weighted by atomic mass is 10.2. The Labute approximate surface area is 158 Å². The quantitative estimate of drug-likeness (QED) is 0.587. The van der Waals surface area contributed by atoms with E-state index < -0.39 is 0 Å². The normalized spacial score (nSPS) is 10.4. The standard InChI is InChI=1S/C17H15ClN4OS2/c18-13-7-4-8-14(9-13)20-16-21-22-17(25-16)24-11-15(23)19-10-12-5-2-1-3-6-12/h1-9H,10-11H2,(H,19,23)(H,20,21). The first-order valence-corrected chi connectivity index (χ1v) is 9.66. The summed E-state index contributed by atoms with van der Waals surface area (Å²) in [6, 6.07) is 17.2. The van der Waals surface area contributed by atoms with Gasteiger partial charge in [0.25, 0.3) is 0 Å². The van der Waals surface area contributed by atoms with E-state index in [-0.39, 0.29) is 5.91 Å². The average Bonchev–Trinajstić information content (AvgIpc) is 3.06. The third kappa shape index (κ3) is 5.74. The third-order valence-electron chi connectivity index (χ3n) is 3.14. The Bertz CT molecular complexity index is 841. The van der Waals surface area contributed by atoms with Gasteiger partial charge in [0, 0.05) is 17.3 Å². The molecule has 5 nitrogen and oxygen atoms in total. The first-order valence-electron chi connectivity index (χ1n) is 7.48. The fourth-order valence-corrected chi connectivity index (χ4v) is 3.78. The molecule has 0 aliphatic rings. The van der Waals surface area contributed by atoms with Crippen molar-refractivity contribution in [3.63, 3.8) is 0 Å². The summed E-state index contributed by atoms with van der Waals surface area (Å²) < 4.78 is 0.736. The fraction of sp³-hybridized carbons (Fsp3) is 0.118. The zero-order chi connectivity index (χ0) is 17.5. The van der Waals surface area contributed by atoms with Gasteiger partial charge < -0.3 is 10.6 Å². The number of halogens is 1. The molecule has 8 heteroatoms. The van der Waals surface area contributed by atoms with E-state index in [1.54, 1.807) is 0 Å². The van der Waals surface area contributed by atoms with Crippen molar-refractivity contribution < 1.29 is 4.79 Å². The van der Waals surface area contributed by atoms with E-state index in [0.29, 0.717) is 22.5 Å². The van der Waals surface area contributed by atoms with E-state index in [9.17, 15) is 4.79 Å². The van der Waals surface area contributed by atoms with Gasteiger partial charge in [-0.1, -0.05) is 71.1 Å². The molecule has 1 amide bonds. The summed E-state index contributed by atoms with van der Waals surface area (Å²) in [6.45, 7) is 0.526. The molecule has 0 fully saturated rings. The topological polar surface area (TPSA) is 66.9 Å². The monoisotopic (exact) mass is 390 g/mol. The second-order valence-electron chi connectivity index (χ2n) is 5.06. The zero-order valence-corrected chi connectivity index (χ0v) is 15.5. The predicted molar refractivity (Wildman–Crippen MR) is 104 cm³/mol. The number of nitrogens with one attached hydrogen (secondary N) is 2. The van der Waals surface area contributed by atoms with E-state index in [1.165, 1.54) is 23.1 Å². The van der Waals surface area contributed by atoms with Crippen molar-refractivity contribution in [1.29, 1.82) is 0 Å². The van der Waals surface area contributed by atoms with E-state index in [0.717, 1.165) is 15.6 Å². The maximum absolute atomic E-state index is 11.9. The smallest absolute Gasteiger partial charge is 0.230 e. The van der Waals surface area contributed by atoms with Crippen LogP contribution in [0.15, 0.2) is 58.9 Å². The highest BCUT2D eigenvalue weighted by molar-refractivity contribution is 8.01. The molecule has 2 N–H and O–H groups in total. The van der Waals surface area contributed by atoms with Crippen LogP contribution in [0.4, 0.5) is 10.8 Å². The van der Waals surface area contributed by atoms with Crippen LogP contribution in [-0.4, -0.2) is 21.9 Å². The summed E-state index contributed by atoms with van der Waals surface area (Å²) in [5.41, 5.74) is 1.92. The number of thioether (sulfide) groups is 1. The van der Waals surface area contributed by atoms with Gasteiger partial charge in [-0.3, -0.25) is 4.79 Å². The van der Waals surface area contributed by atoms with E-state index >= 15 is 0 Å². The van der Waals surface area contributed by atoms with Gasteiger partial charge in [0.15, 0.2) is 4.34 Å². The third-order valence-corrected chi connectivity index (χ3v) is 5.35. The highest BCUT2D eigenvalue weighted by atomic mass is 35.5. The van der Waals surface area contributed by atoms with Crippen molar-refractivity contribution in [2.45, 2.75) is 10.9 Å². The van der Waals surface area contributed by atoms with Gasteiger partial charge in [0.1, 0.15) is 0 Å². The molecule has 0 saturated carbocycles. The lowest BCUT2D eigenvalue weighted by molar-refractivity contribution is -0.118. The maximum atomic E-state index is 11.9. The number of hydrogen-bond donors (Lipinski definition) is 2. The van der Waals surface area contributed by atoms with Crippen LogP contribution in [0.1, 0.15) is 5.56 Å². The number of amides is 1. The van der Waals surface area contributed by atoms with Gasteiger partial charge in [-0.05, 0) is 23.8 Å². The molecule has 128 valence electrons. The second-order valence-corrected chi connectivity index (χ2v) is 7.70. The van der Waals surface area contributed by atoms with Crippen LogP contribution >= 0.6 is 34.7 Å². The molecule has 0 aliphatic heterocycles. The van der Waals surface area contributed by atoms with Crippen molar-refractivity contribution >= 4 is 51.4 Å². The Morgan fingerprint density at radius 1 is 1.12 bits per heavy atom. The molecule has 25 heavy (non-hydrogen) atoms. The van der Waals surface area contributed by atoms with Gasteiger partial charge in [-0.2, -0.15) is 0 Å². The number of carbonyl (C=O) groups is 1. The maximum Gasteiger partial charge on any atom is 0.230 e. The molecule has 0 spiro atoms.